The summed E-state index contributed by atoms with van der Waals surface area (Å²) in [7, 11) is 0. The molecule has 1 unspecified atom stereocenters. The van der Waals surface area contributed by atoms with E-state index in [0.717, 1.165) is 50.0 Å². The molecule has 2 aliphatic rings. The van der Waals surface area contributed by atoms with Crippen molar-refractivity contribution in [1.82, 2.24) is 0 Å². The second-order valence-electron chi connectivity index (χ2n) is 7.18. The monoisotopic (exact) mass is 390 g/mol. The predicted octanol–water partition coefficient (Wildman–Crippen LogP) is 4.64. The van der Waals surface area contributed by atoms with Gasteiger partial charge in [0, 0.05) is 19.5 Å². The summed E-state index contributed by atoms with van der Waals surface area (Å²) in [6.07, 6.45) is -1.75. The number of halogens is 3. The molecule has 2 aromatic carbocycles. The third kappa shape index (κ3) is 3.79. The molecule has 2 aromatic rings. The van der Waals surface area contributed by atoms with Crippen LogP contribution in [0.3, 0.4) is 0 Å². The Bertz CT molecular complexity index is 851. The number of ether oxygens (including phenoxy) is 1. The van der Waals surface area contributed by atoms with Gasteiger partial charge in [-0.05, 0) is 49.1 Å². The number of benzene rings is 2. The van der Waals surface area contributed by atoms with Gasteiger partial charge in [0.05, 0.1) is 16.9 Å². The highest BCUT2D eigenvalue weighted by Crippen LogP contribution is 2.37. The number of alkyl halides is 3. The Morgan fingerprint density at radius 3 is 2.54 bits per heavy atom. The van der Waals surface area contributed by atoms with E-state index in [-0.39, 0.29) is 5.69 Å². The van der Waals surface area contributed by atoms with Gasteiger partial charge < -0.3 is 15.0 Å². The van der Waals surface area contributed by atoms with Crippen LogP contribution in [0.25, 0.3) is 0 Å². The van der Waals surface area contributed by atoms with Crippen molar-refractivity contribution in [3.05, 3.63) is 53.6 Å². The number of rotatable bonds is 3. The molecule has 4 nitrogen and oxygen atoms in total. The van der Waals surface area contributed by atoms with E-state index in [1.54, 1.807) is 6.07 Å². The van der Waals surface area contributed by atoms with Gasteiger partial charge >= 0.3 is 6.18 Å². The number of carbonyl (C=O) groups excluding carboxylic acids is 1. The number of hydrogen-bond acceptors (Lipinski definition) is 3. The minimum absolute atomic E-state index is 0.182. The van der Waals surface area contributed by atoms with Gasteiger partial charge in [0.15, 0.2) is 6.10 Å². The number of fused-ring (bicyclic) bond motifs is 1. The van der Waals surface area contributed by atoms with Crippen molar-refractivity contribution in [2.45, 2.75) is 38.0 Å². The second-order valence-corrected chi connectivity index (χ2v) is 7.18. The highest BCUT2D eigenvalue weighted by molar-refractivity contribution is 5.98. The van der Waals surface area contributed by atoms with Crippen LogP contribution in [0.2, 0.25) is 0 Å². The van der Waals surface area contributed by atoms with Crippen LogP contribution in [0, 0.1) is 0 Å². The third-order valence-electron chi connectivity index (χ3n) is 5.22. The Balaban J connectivity index is 1.59. The van der Waals surface area contributed by atoms with E-state index >= 15 is 0 Å². The molecule has 1 fully saturated rings. The van der Waals surface area contributed by atoms with Crippen molar-refractivity contribution in [3.8, 4) is 5.75 Å². The van der Waals surface area contributed by atoms with E-state index in [0.29, 0.717) is 17.9 Å². The number of para-hydroxylation sites is 1. The number of amides is 1. The molecule has 1 amide bonds. The van der Waals surface area contributed by atoms with E-state index in [9.17, 15) is 18.0 Å². The number of carbonyl (C=O) groups is 1. The number of piperidine rings is 1. The minimum Gasteiger partial charge on any atom is -0.480 e. The lowest BCUT2D eigenvalue weighted by Gasteiger charge is -2.31. The normalized spacial score (nSPS) is 19.1. The Labute approximate surface area is 161 Å². The van der Waals surface area contributed by atoms with Gasteiger partial charge in [0.2, 0.25) is 0 Å². The number of nitrogens with zero attached hydrogens (tertiary/aromatic N) is 1. The minimum atomic E-state index is -4.47. The summed E-state index contributed by atoms with van der Waals surface area (Å²) in [6, 6.07) is 10.9. The fourth-order valence-corrected chi connectivity index (χ4v) is 3.76. The lowest BCUT2D eigenvalue weighted by Crippen LogP contribution is -2.34. The van der Waals surface area contributed by atoms with Crippen molar-refractivity contribution >= 4 is 17.3 Å². The quantitative estimate of drug-likeness (QED) is 0.830. The van der Waals surface area contributed by atoms with Crippen LogP contribution >= 0.6 is 0 Å². The molecule has 0 aliphatic carbocycles. The molecule has 1 atom stereocenters. The van der Waals surface area contributed by atoms with E-state index in [2.05, 4.69) is 5.32 Å². The van der Waals surface area contributed by atoms with Crippen LogP contribution in [0.15, 0.2) is 42.5 Å². The fraction of sp³-hybridized carbons (Fsp3) is 0.381. The Hall–Kier alpha value is -2.70. The molecule has 0 aromatic heterocycles. The largest absolute Gasteiger partial charge is 0.480 e. The molecular formula is C21H21F3N2O2. The molecule has 1 saturated heterocycles. The molecule has 1 N–H and O–H groups in total. The van der Waals surface area contributed by atoms with Crippen molar-refractivity contribution < 1.29 is 22.7 Å². The number of hydrogen-bond donors (Lipinski definition) is 1. The van der Waals surface area contributed by atoms with Gasteiger partial charge in [-0.3, -0.25) is 4.79 Å². The molecule has 0 radical (unpaired) electrons. The summed E-state index contributed by atoms with van der Waals surface area (Å²) in [5, 5.41) is 2.69. The molecule has 148 valence electrons. The standard InChI is InChI=1S/C21H21F3N2O2/c22-21(23,24)15-8-9-17(26-10-4-1-5-11-26)16(13-15)25-20(27)19-12-14-6-2-3-7-18(14)28-19/h2-3,6-9,13,19H,1,4-5,10-12H2,(H,25,27). The van der Waals surface area contributed by atoms with Crippen molar-refractivity contribution in [3.63, 3.8) is 0 Å². The first kappa shape index (κ1) is 18.7. The van der Waals surface area contributed by atoms with E-state index < -0.39 is 23.8 Å². The molecule has 7 heteroatoms. The van der Waals surface area contributed by atoms with Gasteiger partial charge in [0.1, 0.15) is 5.75 Å². The maximum absolute atomic E-state index is 13.2. The SMILES string of the molecule is O=C(Nc1cc(C(F)(F)F)ccc1N1CCCCC1)C1Cc2ccccc2O1. The molecule has 4 rings (SSSR count). The van der Waals surface area contributed by atoms with Crippen LogP contribution in [-0.2, 0) is 17.4 Å². The van der Waals surface area contributed by atoms with Crippen LogP contribution in [0.4, 0.5) is 24.5 Å². The maximum Gasteiger partial charge on any atom is 0.416 e. The molecule has 0 spiro atoms. The third-order valence-corrected chi connectivity index (χ3v) is 5.22. The van der Waals surface area contributed by atoms with Crippen LogP contribution in [0.5, 0.6) is 5.75 Å². The lowest BCUT2D eigenvalue weighted by molar-refractivity contribution is -0.137. The topological polar surface area (TPSA) is 41.6 Å². The van der Waals surface area contributed by atoms with E-state index in [1.165, 1.54) is 6.07 Å². The zero-order valence-corrected chi connectivity index (χ0v) is 15.3. The summed E-state index contributed by atoms with van der Waals surface area (Å²) in [4.78, 5) is 14.8. The molecule has 2 heterocycles. The molecule has 0 saturated carbocycles. The van der Waals surface area contributed by atoms with Crippen molar-refractivity contribution in [2.24, 2.45) is 0 Å². The van der Waals surface area contributed by atoms with E-state index in [1.807, 2.05) is 23.1 Å². The summed E-state index contributed by atoms with van der Waals surface area (Å²) in [6.45, 7) is 1.53. The maximum atomic E-state index is 13.2. The summed E-state index contributed by atoms with van der Waals surface area (Å²) < 4.78 is 45.3. The highest BCUT2D eigenvalue weighted by atomic mass is 19.4. The summed E-state index contributed by atoms with van der Waals surface area (Å²) in [5.41, 5.74) is 0.944. The average molecular weight is 390 g/mol. The fourth-order valence-electron chi connectivity index (χ4n) is 3.76. The zero-order valence-electron chi connectivity index (χ0n) is 15.3. The predicted molar refractivity (Wildman–Crippen MR) is 101 cm³/mol. The van der Waals surface area contributed by atoms with Crippen molar-refractivity contribution in [1.29, 1.82) is 0 Å². The van der Waals surface area contributed by atoms with Gasteiger partial charge in [-0.1, -0.05) is 18.2 Å². The first-order chi connectivity index (χ1) is 13.4. The Kier molecular flexibility index (Phi) is 4.91. The van der Waals surface area contributed by atoms with Crippen LogP contribution < -0.4 is 15.0 Å². The smallest absolute Gasteiger partial charge is 0.416 e. The zero-order chi connectivity index (χ0) is 19.7. The van der Waals surface area contributed by atoms with Gasteiger partial charge in [0.25, 0.3) is 5.91 Å². The summed E-state index contributed by atoms with van der Waals surface area (Å²) in [5.74, 6) is 0.205. The summed E-state index contributed by atoms with van der Waals surface area (Å²) >= 11 is 0. The molecule has 2 aliphatic heterocycles. The number of nitrogens with one attached hydrogen (secondary N) is 1. The van der Waals surface area contributed by atoms with Crippen LogP contribution in [0.1, 0.15) is 30.4 Å². The van der Waals surface area contributed by atoms with Crippen molar-refractivity contribution in [2.75, 3.05) is 23.3 Å². The molecule has 0 bridgehead atoms. The van der Waals surface area contributed by atoms with Gasteiger partial charge in [-0.2, -0.15) is 13.2 Å². The lowest BCUT2D eigenvalue weighted by atomic mass is 10.1. The average Bonchev–Trinajstić information content (AvgIpc) is 3.12. The molecular weight excluding hydrogens is 369 g/mol. The van der Waals surface area contributed by atoms with E-state index in [4.69, 9.17) is 4.74 Å². The highest BCUT2D eigenvalue weighted by Gasteiger charge is 2.33. The van der Waals surface area contributed by atoms with Gasteiger partial charge in [-0.15, -0.1) is 0 Å². The number of anilines is 2. The van der Waals surface area contributed by atoms with Gasteiger partial charge in [-0.25, -0.2) is 0 Å². The first-order valence-electron chi connectivity index (χ1n) is 9.43. The Morgan fingerprint density at radius 2 is 1.82 bits per heavy atom. The molecule has 28 heavy (non-hydrogen) atoms. The second kappa shape index (κ2) is 7.37. The Morgan fingerprint density at radius 1 is 1.07 bits per heavy atom. The first-order valence-corrected chi connectivity index (χ1v) is 9.43. The van der Waals surface area contributed by atoms with Crippen LogP contribution in [-0.4, -0.2) is 25.1 Å².